The van der Waals surface area contributed by atoms with Gasteiger partial charge in [-0.1, -0.05) is 32.4 Å². The number of urea groups is 1. The third kappa shape index (κ3) is 5.13. The first-order chi connectivity index (χ1) is 15.1. The molecule has 11 heteroatoms. The number of rotatable bonds is 7. The summed E-state index contributed by atoms with van der Waals surface area (Å²) in [6.07, 6.45) is 0.0862. The lowest BCUT2D eigenvalue weighted by Gasteiger charge is -2.15. The number of ether oxygens (including phenoxy) is 2. The van der Waals surface area contributed by atoms with Gasteiger partial charge in [0.05, 0.1) is 31.5 Å². The second-order valence-corrected chi connectivity index (χ2v) is 8.47. The molecule has 1 aromatic carbocycles. The summed E-state index contributed by atoms with van der Waals surface area (Å²) in [6.45, 7) is 8.47. The molecule has 0 aliphatic rings. The van der Waals surface area contributed by atoms with Gasteiger partial charge in [0.2, 0.25) is 0 Å². The summed E-state index contributed by atoms with van der Waals surface area (Å²) in [6, 6.07) is 4.82. The SMILES string of the molecule is CCNC(=O)Nc1cc(-c2nn3nc(C(C)(C)C)c(Cl)c3[nH]2)ccc1OCCC(=O)OC. The molecule has 0 bridgehead atoms. The fourth-order valence-corrected chi connectivity index (χ4v) is 3.43. The number of hydrogen-bond acceptors (Lipinski definition) is 6. The summed E-state index contributed by atoms with van der Waals surface area (Å²) >= 11 is 6.52. The Kier molecular flexibility index (Phi) is 6.93. The second kappa shape index (κ2) is 9.47. The van der Waals surface area contributed by atoms with Crippen LogP contribution in [0.25, 0.3) is 17.0 Å². The zero-order valence-corrected chi connectivity index (χ0v) is 19.5. The zero-order valence-electron chi connectivity index (χ0n) is 18.7. The van der Waals surface area contributed by atoms with Crippen molar-refractivity contribution in [3.05, 3.63) is 28.9 Å². The number of methoxy groups -OCH3 is 1. The van der Waals surface area contributed by atoms with E-state index in [1.54, 1.807) is 18.2 Å². The topological polar surface area (TPSA) is 123 Å². The van der Waals surface area contributed by atoms with Crippen molar-refractivity contribution < 1.29 is 19.1 Å². The lowest BCUT2D eigenvalue weighted by Crippen LogP contribution is -2.28. The van der Waals surface area contributed by atoms with Gasteiger partial charge in [0, 0.05) is 17.5 Å². The van der Waals surface area contributed by atoms with Crippen LogP contribution >= 0.6 is 11.6 Å². The van der Waals surface area contributed by atoms with Gasteiger partial charge in [-0.25, -0.2) is 4.79 Å². The molecule has 0 fully saturated rings. The quantitative estimate of drug-likeness (QED) is 0.459. The van der Waals surface area contributed by atoms with Crippen LogP contribution in [0.4, 0.5) is 10.5 Å². The molecule has 2 heterocycles. The van der Waals surface area contributed by atoms with Gasteiger partial charge in [-0.3, -0.25) is 4.79 Å². The first-order valence-electron chi connectivity index (χ1n) is 10.2. The van der Waals surface area contributed by atoms with Crippen molar-refractivity contribution >= 4 is 34.9 Å². The number of hydrogen-bond donors (Lipinski definition) is 3. The molecule has 0 saturated heterocycles. The van der Waals surface area contributed by atoms with Gasteiger partial charge >= 0.3 is 12.0 Å². The Morgan fingerprint density at radius 2 is 2.00 bits per heavy atom. The van der Waals surface area contributed by atoms with Crippen LogP contribution in [-0.4, -0.2) is 52.1 Å². The van der Waals surface area contributed by atoms with Gasteiger partial charge in [-0.05, 0) is 25.1 Å². The van der Waals surface area contributed by atoms with E-state index in [9.17, 15) is 9.59 Å². The monoisotopic (exact) mass is 462 g/mol. The molecule has 10 nitrogen and oxygen atoms in total. The Labute approximate surface area is 190 Å². The number of amides is 2. The van der Waals surface area contributed by atoms with Crippen molar-refractivity contribution in [2.75, 3.05) is 25.6 Å². The number of carbonyl (C=O) groups excluding carboxylic acids is 2. The molecule has 0 unspecified atom stereocenters. The van der Waals surface area contributed by atoms with Crippen LogP contribution in [0.2, 0.25) is 5.02 Å². The number of halogens is 1. The molecule has 3 aromatic rings. The summed E-state index contributed by atoms with van der Waals surface area (Å²) in [5.74, 6) is 0.550. The van der Waals surface area contributed by atoms with Crippen LogP contribution in [0.1, 0.15) is 39.8 Å². The molecule has 32 heavy (non-hydrogen) atoms. The minimum Gasteiger partial charge on any atom is -0.491 e. The normalized spacial score (nSPS) is 11.4. The molecule has 2 amide bonds. The average molecular weight is 463 g/mol. The van der Waals surface area contributed by atoms with E-state index in [0.717, 1.165) is 5.69 Å². The van der Waals surface area contributed by atoms with Crippen LogP contribution in [0.5, 0.6) is 5.75 Å². The highest BCUT2D eigenvalue weighted by Crippen LogP contribution is 2.33. The Morgan fingerprint density at radius 1 is 1.25 bits per heavy atom. The summed E-state index contributed by atoms with van der Waals surface area (Å²) in [4.78, 5) is 26.6. The second-order valence-electron chi connectivity index (χ2n) is 8.09. The van der Waals surface area contributed by atoms with Crippen molar-refractivity contribution in [3.8, 4) is 17.1 Å². The number of carbonyl (C=O) groups is 2. The third-order valence-corrected chi connectivity index (χ3v) is 4.94. The average Bonchev–Trinajstić information content (AvgIpc) is 3.28. The molecular weight excluding hydrogens is 436 g/mol. The maximum atomic E-state index is 12.1. The molecule has 3 N–H and O–H groups in total. The molecule has 0 aliphatic heterocycles. The minimum atomic E-state index is -0.384. The molecule has 0 saturated carbocycles. The van der Waals surface area contributed by atoms with Crippen LogP contribution in [0.3, 0.4) is 0 Å². The Morgan fingerprint density at radius 3 is 2.62 bits per heavy atom. The number of H-pyrrole nitrogens is 1. The fourth-order valence-electron chi connectivity index (χ4n) is 2.98. The van der Waals surface area contributed by atoms with Crippen molar-refractivity contribution in [1.29, 1.82) is 0 Å². The van der Waals surface area contributed by atoms with Gasteiger partial charge in [0.25, 0.3) is 0 Å². The van der Waals surface area contributed by atoms with Crippen LogP contribution < -0.4 is 15.4 Å². The summed E-state index contributed by atoms with van der Waals surface area (Å²) in [5.41, 5.74) is 2.23. The predicted octanol–water partition coefficient (Wildman–Crippen LogP) is 3.76. The first kappa shape index (κ1) is 23.4. The molecule has 0 atom stereocenters. The standard InChI is InChI=1S/C21H27ClN6O4/c1-6-23-20(30)24-13-11-12(7-8-14(13)32-10-9-15(29)31-5)18-25-19-16(22)17(21(2,3)4)26-28(19)27-18/h7-8,11H,6,9-10H2,1-5H3,(H,25,27)(H2,23,24,30). The van der Waals surface area contributed by atoms with Crippen molar-refractivity contribution in [3.63, 3.8) is 0 Å². The van der Waals surface area contributed by atoms with E-state index in [-0.39, 0.29) is 30.4 Å². The highest BCUT2D eigenvalue weighted by Gasteiger charge is 2.25. The van der Waals surface area contributed by atoms with Crippen molar-refractivity contribution in [1.82, 2.24) is 25.1 Å². The molecule has 3 rings (SSSR count). The van der Waals surface area contributed by atoms with E-state index in [4.69, 9.17) is 16.3 Å². The van der Waals surface area contributed by atoms with E-state index < -0.39 is 0 Å². The lowest BCUT2D eigenvalue weighted by molar-refractivity contribution is -0.141. The lowest BCUT2D eigenvalue weighted by atomic mass is 9.92. The largest absolute Gasteiger partial charge is 0.491 e. The smallest absolute Gasteiger partial charge is 0.319 e. The van der Waals surface area contributed by atoms with Gasteiger partial charge in [0.1, 0.15) is 10.8 Å². The Hall–Kier alpha value is -3.27. The minimum absolute atomic E-state index is 0.0862. The number of benzene rings is 1. The van der Waals surface area contributed by atoms with E-state index in [1.807, 2.05) is 27.7 Å². The molecule has 0 spiro atoms. The van der Waals surface area contributed by atoms with Gasteiger partial charge in [-0.15, -0.1) is 9.73 Å². The maximum absolute atomic E-state index is 12.1. The number of nitrogens with one attached hydrogen (secondary N) is 3. The van der Waals surface area contributed by atoms with E-state index in [2.05, 4.69) is 30.6 Å². The summed E-state index contributed by atoms with van der Waals surface area (Å²) < 4.78 is 11.8. The Balaban J connectivity index is 1.92. The molecular formula is C21H27ClN6O4. The number of esters is 1. The number of fused-ring (bicyclic) bond motifs is 1. The van der Waals surface area contributed by atoms with Crippen molar-refractivity contribution in [2.24, 2.45) is 0 Å². The van der Waals surface area contributed by atoms with Gasteiger partial charge in [0.15, 0.2) is 11.5 Å². The van der Waals surface area contributed by atoms with E-state index >= 15 is 0 Å². The molecule has 2 aromatic heterocycles. The highest BCUT2D eigenvalue weighted by atomic mass is 35.5. The van der Waals surface area contributed by atoms with E-state index in [1.165, 1.54) is 11.7 Å². The number of aromatic nitrogens is 4. The molecule has 0 aliphatic carbocycles. The third-order valence-electron chi connectivity index (χ3n) is 4.58. The maximum Gasteiger partial charge on any atom is 0.319 e. The van der Waals surface area contributed by atoms with Crippen LogP contribution in [0.15, 0.2) is 18.2 Å². The fraction of sp³-hybridized carbons (Fsp3) is 0.429. The summed E-state index contributed by atoms with van der Waals surface area (Å²) in [5, 5.41) is 14.9. The van der Waals surface area contributed by atoms with Gasteiger partial charge in [-0.2, -0.15) is 5.10 Å². The number of anilines is 1. The first-order valence-corrected chi connectivity index (χ1v) is 10.6. The van der Waals surface area contributed by atoms with Crippen molar-refractivity contribution in [2.45, 2.75) is 39.5 Å². The molecule has 172 valence electrons. The predicted molar refractivity (Wildman–Crippen MR) is 121 cm³/mol. The van der Waals surface area contributed by atoms with Crippen LogP contribution in [0, 0.1) is 0 Å². The van der Waals surface area contributed by atoms with E-state index in [0.29, 0.717) is 40.0 Å². The number of aromatic amines is 1. The summed E-state index contributed by atoms with van der Waals surface area (Å²) in [7, 11) is 1.32. The molecule has 0 radical (unpaired) electrons. The highest BCUT2D eigenvalue weighted by molar-refractivity contribution is 6.34. The number of nitrogens with zero attached hydrogens (tertiary/aromatic N) is 3. The Bertz CT molecular complexity index is 1130. The van der Waals surface area contributed by atoms with Gasteiger partial charge < -0.3 is 25.1 Å². The zero-order chi connectivity index (χ0) is 23.5. The van der Waals surface area contributed by atoms with Crippen LogP contribution in [-0.2, 0) is 14.9 Å².